The predicted molar refractivity (Wildman–Crippen MR) is 122 cm³/mol. The fraction of sp³-hybridized carbons (Fsp3) is 0.320. The van der Waals surface area contributed by atoms with E-state index in [0.29, 0.717) is 6.54 Å². The van der Waals surface area contributed by atoms with E-state index in [2.05, 4.69) is 20.4 Å². The number of rotatable bonds is 7. The van der Waals surface area contributed by atoms with Gasteiger partial charge in [0.25, 0.3) is 0 Å². The third-order valence-electron chi connectivity index (χ3n) is 5.67. The van der Waals surface area contributed by atoms with Crippen LogP contribution >= 0.6 is 0 Å². The summed E-state index contributed by atoms with van der Waals surface area (Å²) in [5.74, 6) is 0.527. The van der Waals surface area contributed by atoms with E-state index in [0.717, 1.165) is 48.6 Å². The number of carbonyl (C=O) groups excluding carboxylic acids is 1. The molecule has 34 heavy (non-hydrogen) atoms. The van der Waals surface area contributed by atoms with Crippen LogP contribution in [0.15, 0.2) is 66.7 Å². The summed E-state index contributed by atoms with van der Waals surface area (Å²) in [7, 11) is 0. The summed E-state index contributed by atoms with van der Waals surface area (Å²) in [6.45, 7) is 1.61. The number of nitrogens with zero attached hydrogens (tertiary/aromatic N) is 3. The lowest BCUT2D eigenvalue weighted by atomic mass is 9.97. The smallest absolute Gasteiger partial charge is 0.416 e. The summed E-state index contributed by atoms with van der Waals surface area (Å²) in [5.41, 5.74) is 1.01. The summed E-state index contributed by atoms with van der Waals surface area (Å²) < 4.78 is 43.8. The fourth-order valence-corrected chi connectivity index (χ4v) is 3.91. The molecular formula is C25H25F3N4O2. The first-order chi connectivity index (χ1) is 16.4. The first-order valence-corrected chi connectivity index (χ1v) is 11.1. The second kappa shape index (κ2) is 10.5. The first kappa shape index (κ1) is 23.5. The molecule has 1 amide bonds. The van der Waals surface area contributed by atoms with Gasteiger partial charge < -0.3 is 15.0 Å². The van der Waals surface area contributed by atoms with E-state index in [9.17, 15) is 18.0 Å². The molecule has 3 aromatic rings. The Kier molecular flexibility index (Phi) is 7.30. The molecule has 6 nitrogen and oxygen atoms in total. The van der Waals surface area contributed by atoms with Gasteiger partial charge in [0.15, 0.2) is 5.82 Å². The summed E-state index contributed by atoms with van der Waals surface area (Å²) in [5, 5.41) is 11.5. The summed E-state index contributed by atoms with van der Waals surface area (Å²) >= 11 is 0. The molecule has 0 bridgehead atoms. The molecule has 1 atom stereocenters. The van der Waals surface area contributed by atoms with Crippen LogP contribution in [0, 0.1) is 5.92 Å². The lowest BCUT2D eigenvalue weighted by Gasteiger charge is -2.32. The molecule has 1 aliphatic rings. The summed E-state index contributed by atoms with van der Waals surface area (Å²) in [6, 6.07) is 18.3. The molecule has 0 aliphatic carbocycles. The monoisotopic (exact) mass is 470 g/mol. The lowest BCUT2D eigenvalue weighted by Crippen LogP contribution is -2.44. The van der Waals surface area contributed by atoms with E-state index in [1.54, 1.807) is 0 Å². The van der Waals surface area contributed by atoms with E-state index in [-0.39, 0.29) is 30.7 Å². The Balaban J connectivity index is 1.26. The molecule has 9 heteroatoms. The molecule has 1 saturated heterocycles. The molecular weight excluding hydrogens is 445 g/mol. The summed E-state index contributed by atoms with van der Waals surface area (Å²) in [6.07, 6.45) is -2.82. The SMILES string of the molecule is O=C(NCCOc1cccc(C(F)(F)F)c1)C1CCCN(c2ccc(-c3ccccc3)nn2)C1. The second-order valence-electron chi connectivity index (χ2n) is 8.09. The molecule has 1 N–H and O–H groups in total. The minimum absolute atomic E-state index is 0.0793. The quantitative estimate of drug-likeness (QED) is 0.513. The van der Waals surface area contributed by atoms with Gasteiger partial charge in [0, 0.05) is 18.7 Å². The number of benzene rings is 2. The van der Waals surface area contributed by atoms with Crippen LogP contribution < -0.4 is 15.0 Å². The molecule has 1 fully saturated rings. The van der Waals surface area contributed by atoms with Crippen LogP contribution in [-0.4, -0.2) is 42.3 Å². The van der Waals surface area contributed by atoms with Gasteiger partial charge in [-0.25, -0.2) is 0 Å². The average molecular weight is 470 g/mol. The third-order valence-corrected chi connectivity index (χ3v) is 5.67. The van der Waals surface area contributed by atoms with Crippen molar-refractivity contribution in [2.75, 3.05) is 31.1 Å². The van der Waals surface area contributed by atoms with Gasteiger partial charge in [-0.2, -0.15) is 13.2 Å². The van der Waals surface area contributed by atoms with Gasteiger partial charge in [-0.3, -0.25) is 4.79 Å². The topological polar surface area (TPSA) is 67.3 Å². The minimum atomic E-state index is -4.42. The highest BCUT2D eigenvalue weighted by Gasteiger charge is 2.30. The number of ether oxygens (including phenoxy) is 1. The van der Waals surface area contributed by atoms with Crippen molar-refractivity contribution in [3.8, 4) is 17.0 Å². The fourth-order valence-electron chi connectivity index (χ4n) is 3.91. The lowest BCUT2D eigenvalue weighted by molar-refractivity contribution is -0.137. The van der Waals surface area contributed by atoms with Gasteiger partial charge >= 0.3 is 6.18 Å². The number of hydrogen-bond acceptors (Lipinski definition) is 5. The van der Waals surface area contributed by atoms with Gasteiger partial charge in [0.05, 0.1) is 23.7 Å². The standard InChI is InChI=1S/C25H25F3N4O2/c26-25(27,28)20-9-4-10-21(16-20)34-15-13-29-24(33)19-8-5-14-32(17-19)23-12-11-22(30-31-23)18-6-2-1-3-7-18/h1-4,6-7,9-12,16,19H,5,8,13-15,17H2,(H,29,33). The Hall–Kier alpha value is -3.62. The largest absolute Gasteiger partial charge is 0.492 e. The number of alkyl halides is 3. The van der Waals surface area contributed by atoms with E-state index in [4.69, 9.17) is 4.74 Å². The van der Waals surface area contributed by atoms with Gasteiger partial charge in [0.1, 0.15) is 12.4 Å². The van der Waals surface area contributed by atoms with Crippen molar-refractivity contribution >= 4 is 11.7 Å². The van der Waals surface area contributed by atoms with E-state index in [1.807, 2.05) is 42.5 Å². The minimum Gasteiger partial charge on any atom is -0.492 e. The first-order valence-electron chi connectivity index (χ1n) is 11.1. The van der Waals surface area contributed by atoms with Crippen LogP contribution in [-0.2, 0) is 11.0 Å². The van der Waals surface area contributed by atoms with Crippen LogP contribution in [0.3, 0.4) is 0 Å². The number of piperidine rings is 1. The zero-order valence-electron chi connectivity index (χ0n) is 18.5. The predicted octanol–water partition coefficient (Wildman–Crippen LogP) is 4.57. The maximum atomic E-state index is 12.8. The molecule has 2 aromatic carbocycles. The average Bonchev–Trinajstić information content (AvgIpc) is 2.87. The van der Waals surface area contributed by atoms with Crippen LogP contribution in [0.4, 0.5) is 19.0 Å². The molecule has 1 aliphatic heterocycles. The Morgan fingerprint density at radius 2 is 1.88 bits per heavy atom. The van der Waals surface area contributed by atoms with E-state index >= 15 is 0 Å². The van der Waals surface area contributed by atoms with Gasteiger partial charge in [-0.05, 0) is 43.2 Å². The van der Waals surface area contributed by atoms with Crippen LogP contribution in [0.2, 0.25) is 0 Å². The number of nitrogens with one attached hydrogen (secondary N) is 1. The highest BCUT2D eigenvalue weighted by atomic mass is 19.4. The molecule has 0 spiro atoms. The highest BCUT2D eigenvalue weighted by Crippen LogP contribution is 2.31. The number of halogens is 3. The number of aromatic nitrogens is 2. The normalized spacial score (nSPS) is 16.2. The Morgan fingerprint density at radius 3 is 2.62 bits per heavy atom. The maximum Gasteiger partial charge on any atom is 0.416 e. The Bertz CT molecular complexity index is 1090. The number of amides is 1. The maximum absolute atomic E-state index is 12.8. The van der Waals surface area contributed by atoms with Gasteiger partial charge in [-0.15, -0.1) is 10.2 Å². The molecule has 0 saturated carbocycles. The number of carbonyl (C=O) groups is 1. The second-order valence-corrected chi connectivity index (χ2v) is 8.09. The molecule has 2 heterocycles. The molecule has 0 radical (unpaired) electrons. The van der Waals surface area contributed by atoms with Crippen molar-refractivity contribution in [2.45, 2.75) is 19.0 Å². The van der Waals surface area contributed by atoms with Crippen LogP contribution in [0.25, 0.3) is 11.3 Å². The molecule has 4 rings (SSSR count). The zero-order valence-corrected chi connectivity index (χ0v) is 18.5. The number of anilines is 1. The third kappa shape index (κ3) is 6.03. The van der Waals surface area contributed by atoms with Crippen molar-refractivity contribution in [3.63, 3.8) is 0 Å². The Labute approximate surface area is 195 Å². The van der Waals surface area contributed by atoms with Gasteiger partial charge in [-0.1, -0.05) is 36.4 Å². The van der Waals surface area contributed by atoms with Crippen molar-refractivity contribution < 1.29 is 22.7 Å². The zero-order chi connectivity index (χ0) is 24.0. The van der Waals surface area contributed by atoms with Crippen LogP contribution in [0.5, 0.6) is 5.75 Å². The number of hydrogen-bond donors (Lipinski definition) is 1. The van der Waals surface area contributed by atoms with Crippen molar-refractivity contribution in [1.82, 2.24) is 15.5 Å². The van der Waals surface area contributed by atoms with Crippen LogP contribution in [0.1, 0.15) is 18.4 Å². The van der Waals surface area contributed by atoms with Crippen molar-refractivity contribution in [1.29, 1.82) is 0 Å². The highest BCUT2D eigenvalue weighted by molar-refractivity contribution is 5.79. The summed E-state index contributed by atoms with van der Waals surface area (Å²) in [4.78, 5) is 14.7. The van der Waals surface area contributed by atoms with E-state index in [1.165, 1.54) is 12.1 Å². The van der Waals surface area contributed by atoms with Crippen molar-refractivity contribution in [3.05, 3.63) is 72.3 Å². The Morgan fingerprint density at radius 1 is 1.06 bits per heavy atom. The molecule has 1 aromatic heterocycles. The van der Waals surface area contributed by atoms with Gasteiger partial charge in [0.2, 0.25) is 5.91 Å². The molecule has 178 valence electrons. The van der Waals surface area contributed by atoms with Crippen molar-refractivity contribution in [2.24, 2.45) is 5.92 Å². The molecule has 1 unspecified atom stereocenters. The van der Waals surface area contributed by atoms with E-state index < -0.39 is 11.7 Å².